The largest absolute Gasteiger partial charge is 0.493 e. The maximum Gasteiger partial charge on any atom is 0.294 e. The first kappa shape index (κ1) is 28.7. The first-order valence-corrected chi connectivity index (χ1v) is 14.2. The van der Waals surface area contributed by atoms with E-state index in [9.17, 15) is 19.2 Å². The number of halogens is 1. The van der Waals surface area contributed by atoms with Gasteiger partial charge < -0.3 is 19.7 Å². The molecule has 4 amide bonds. The standard InChI is InChI=1S/C28H30BrN3O6S/c1-17-18(2)21(9-8-20(17)29)30-25(33)16-38-22-10-7-19(13-23(22)37-3)14-24-27(35)32(28(36)39-24)15-26(34)31-11-5-4-6-12-31/h7-10,13-14H,4-6,11-12,15-16H2,1-3H3,(H,30,33)/b24-14+. The van der Waals surface area contributed by atoms with Crippen molar-refractivity contribution in [2.75, 3.05) is 38.7 Å². The number of ether oxygens (including phenoxy) is 2. The van der Waals surface area contributed by atoms with Gasteiger partial charge in [-0.3, -0.25) is 24.1 Å². The van der Waals surface area contributed by atoms with Crippen molar-refractivity contribution in [3.05, 3.63) is 56.4 Å². The Labute approximate surface area is 240 Å². The summed E-state index contributed by atoms with van der Waals surface area (Å²) >= 11 is 4.28. The number of carbonyl (C=O) groups is 4. The van der Waals surface area contributed by atoms with Gasteiger partial charge in [0.1, 0.15) is 6.54 Å². The number of rotatable bonds is 8. The summed E-state index contributed by atoms with van der Waals surface area (Å²) in [4.78, 5) is 53.4. The molecule has 0 spiro atoms. The van der Waals surface area contributed by atoms with Gasteiger partial charge in [0.2, 0.25) is 5.91 Å². The fourth-order valence-electron chi connectivity index (χ4n) is 4.31. The molecule has 9 nitrogen and oxygen atoms in total. The molecule has 4 rings (SSSR count). The summed E-state index contributed by atoms with van der Waals surface area (Å²) in [5, 5.41) is 2.39. The lowest BCUT2D eigenvalue weighted by Crippen LogP contribution is -2.44. The van der Waals surface area contributed by atoms with Gasteiger partial charge in [-0.25, -0.2) is 0 Å². The van der Waals surface area contributed by atoms with E-state index in [0.29, 0.717) is 35.8 Å². The Bertz CT molecular complexity index is 1340. The van der Waals surface area contributed by atoms with E-state index in [-0.39, 0.29) is 29.9 Å². The Hall–Kier alpha value is -3.31. The maximum absolute atomic E-state index is 12.9. The summed E-state index contributed by atoms with van der Waals surface area (Å²) in [6.07, 6.45) is 4.53. The minimum Gasteiger partial charge on any atom is -0.493 e. The van der Waals surface area contributed by atoms with Crippen LogP contribution in [-0.2, 0) is 14.4 Å². The zero-order valence-electron chi connectivity index (χ0n) is 22.0. The zero-order chi connectivity index (χ0) is 28.1. The molecular formula is C28H30BrN3O6S. The Morgan fingerprint density at radius 2 is 1.79 bits per heavy atom. The second-order valence-electron chi connectivity index (χ2n) is 9.30. The molecule has 0 bridgehead atoms. The molecule has 39 heavy (non-hydrogen) atoms. The highest BCUT2D eigenvalue weighted by Crippen LogP contribution is 2.35. The molecule has 0 unspecified atom stereocenters. The van der Waals surface area contributed by atoms with E-state index in [1.807, 2.05) is 26.0 Å². The molecule has 1 N–H and O–H groups in total. The van der Waals surface area contributed by atoms with Crippen molar-refractivity contribution < 1.29 is 28.7 Å². The fourth-order valence-corrected chi connectivity index (χ4v) is 5.58. The van der Waals surface area contributed by atoms with E-state index in [4.69, 9.17) is 9.47 Å². The van der Waals surface area contributed by atoms with Crippen LogP contribution in [0.2, 0.25) is 0 Å². The molecule has 2 aromatic carbocycles. The van der Waals surface area contributed by atoms with Crippen molar-refractivity contribution >= 4 is 62.4 Å². The number of benzene rings is 2. The van der Waals surface area contributed by atoms with Crippen LogP contribution < -0.4 is 14.8 Å². The van der Waals surface area contributed by atoms with Gasteiger partial charge in [0, 0.05) is 23.2 Å². The van der Waals surface area contributed by atoms with Crippen molar-refractivity contribution in [2.45, 2.75) is 33.1 Å². The lowest BCUT2D eigenvalue weighted by Gasteiger charge is -2.27. The number of anilines is 1. The number of likely N-dealkylation sites (tertiary alicyclic amines) is 1. The number of imide groups is 1. The second kappa shape index (κ2) is 12.7. The lowest BCUT2D eigenvalue weighted by atomic mass is 10.1. The summed E-state index contributed by atoms with van der Waals surface area (Å²) in [5.74, 6) is -0.306. The summed E-state index contributed by atoms with van der Waals surface area (Å²) < 4.78 is 12.1. The number of nitrogens with zero attached hydrogens (tertiary/aromatic N) is 2. The molecule has 2 fully saturated rings. The van der Waals surface area contributed by atoms with Crippen LogP contribution in [0.4, 0.5) is 10.5 Å². The molecule has 0 aliphatic carbocycles. The molecule has 2 aliphatic heterocycles. The minimum atomic E-state index is -0.496. The Kier molecular flexibility index (Phi) is 9.34. The maximum atomic E-state index is 12.9. The van der Waals surface area contributed by atoms with Crippen molar-refractivity contribution in [3.8, 4) is 11.5 Å². The third kappa shape index (κ3) is 6.83. The predicted octanol–water partition coefficient (Wildman–Crippen LogP) is 5.14. The fraction of sp³-hybridized carbons (Fsp3) is 0.357. The topological polar surface area (TPSA) is 105 Å². The first-order chi connectivity index (χ1) is 18.7. The summed E-state index contributed by atoms with van der Waals surface area (Å²) in [6.45, 7) is 4.73. The van der Waals surface area contributed by atoms with Gasteiger partial charge in [-0.05, 0) is 91.9 Å². The number of nitrogens with one attached hydrogen (secondary N) is 1. The number of thioether (sulfide) groups is 1. The van der Waals surface area contributed by atoms with Crippen molar-refractivity contribution in [1.29, 1.82) is 0 Å². The monoisotopic (exact) mass is 615 g/mol. The molecule has 2 heterocycles. The minimum absolute atomic E-state index is 0.212. The predicted molar refractivity (Wildman–Crippen MR) is 154 cm³/mol. The van der Waals surface area contributed by atoms with E-state index in [0.717, 1.165) is 51.5 Å². The highest BCUT2D eigenvalue weighted by atomic mass is 79.9. The van der Waals surface area contributed by atoms with E-state index in [1.165, 1.54) is 7.11 Å². The molecule has 2 aliphatic rings. The molecular weight excluding hydrogens is 586 g/mol. The van der Waals surface area contributed by atoms with Crippen LogP contribution >= 0.6 is 27.7 Å². The summed E-state index contributed by atoms with van der Waals surface area (Å²) in [5.41, 5.74) is 3.31. The summed E-state index contributed by atoms with van der Waals surface area (Å²) in [6, 6.07) is 8.69. The van der Waals surface area contributed by atoms with Gasteiger partial charge in [-0.1, -0.05) is 22.0 Å². The molecule has 11 heteroatoms. The van der Waals surface area contributed by atoms with E-state index < -0.39 is 11.1 Å². The van der Waals surface area contributed by atoms with Crippen LogP contribution in [0.1, 0.15) is 36.0 Å². The second-order valence-corrected chi connectivity index (χ2v) is 11.1. The molecule has 0 atom stereocenters. The van der Waals surface area contributed by atoms with Gasteiger partial charge in [-0.2, -0.15) is 0 Å². The highest BCUT2D eigenvalue weighted by Gasteiger charge is 2.37. The van der Waals surface area contributed by atoms with Crippen molar-refractivity contribution in [2.24, 2.45) is 0 Å². The number of amides is 4. The number of methoxy groups -OCH3 is 1. The molecule has 0 saturated carbocycles. The van der Waals surface area contributed by atoms with E-state index in [1.54, 1.807) is 29.2 Å². The molecule has 0 aromatic heterocycles. The molecule has 2 saturated heterocycles. The number of carbonyl (C=O) groups excluding carboxylic acids is 4. The molecule has 206 valence electrons. The van der Waals surface area contributed by atoms with Crippen LogP contribution in [0, 0.1) is 13.8 Å². The SMILES string of the molecule is COc1cc(/C=C2/SC(=O)N(CC(=O)N3CCCCC3)C2=O)ccc1OCC(=O)Nc1ccc(Br)c(C)c1C. The van der Waals surface area contributed by atoms with Crippen LogP contribution in [0.25, 0.3) is 6.08 Å². The molecule has 0 radical (unpaired) electrons. The van der Waals surface area contributed by atoms with Gasteiger partial charge in [0.25, 0.3) is 17.1 Å². The first-order valence-electron chi connectivity index (χ1n) is 12.6. The van der Waals surface area contributed by atoms with Crippen LogP contribution in [0.3, 0.4) is 0 Å². The van der Waals surface area contributed by atoms with Crippen LogP contribution in [0.15, 0.2) is 39.7 Å². The average Bonchev–Trinajstić information content (AvgIpc) is 3.20. The summed E-state index contributed by atoms with van der Waals surface area (Å²) in [7, 11) is 1.47. The third-order valence-electron chi connectivity index (χ3n) is 6.72. The Balaban J connectivity index is 1.39. The van der Waals surface area contributed by atoms with Crippen molar-refractivity contribution in [1.82, 2.24) is 9.80 Å². The van der Waals surface area contributed by atoms with Crippen LogP contribution in [-0.4, -0.2) is 66.1 Å². The zero-order valence-corrected chi connectivity index (χ0v) is 24.4. The van der Waals surface area contributed by atoms with E-state index in [2.05, 4.69) is 21.2 Å². The Morgan fingerprint density at radius 3 is 2.51 bits per heavy atom. The Morgan fingerprint density at radius 1 is 1.05 bits per heavy atom. The smallest absolute Gasteiger partial charge is 0.294 e. The van der Waals surface area contributed by atoms with Gasteiger partial charge in [0.05, 0.1) is 12.0 Å². The molecule has 2 aromatic rings. The van der Waals surface area contributed by atoms with Gasteiger partial charge in [-0.15, -0.1) is 0 Å². The quantitative estimate of drug-likeness (QED) is 0.410. The van der Waals surface area contributed by atoms with E-state index >= 15 is 0 Å². The van der Waals surface area contributed by atoms with Gasteiger partial charge >= 0.3 is 0 Å². The van der Waals surface area contributed by atoms with Crippen LogP contribution in [0.5, 0.6) is 11.5 Å². The van der Waals surface area contributed by atoms with Crippen molar-refractivity contribution in [3.63, 3.8) is 0 Å². The third-order valence-corrected chi connectivity index (χ3v) is 8.48. The van der Waals surface area contributed by atoms with Gasteiger partial charge in [0.15, 0.2) is 18.1 Å². The number of hydrogen-bond donors (Lipinski definition) is 1. The average molecular weight is 617 g/mol. The lowest BCUT2D eigenvalue weighted by molar-refractivity contribution is -0.136. The number of piperidine rings is 1. The number of hydrogen-bond acceptors (Lipinski definition) is 7. The highest BCUT2D eigenvalue weighted by molar-refractivity contribution is 9.10. The normalized spacial score (nSPS) is 16.6.